The van der Waals surface area contributed by atoms with Gasteiger partial charge in [0.2, 0.25) is 0 Å². The zero-order valence-electron chi connectivity index (χ0n) is 15.5. The van der Waals surface area contributed by atoms with E-state index in [1.54, 1.807) is 6.92 Å². The molecule has 0 amide bonds. The third-order valence-corrected chi connectivity index (χ3v) is 8.47. The van der Waals surface area contributed by atoms with Gasteiger partial charge in [0.25, 0.3) is 0 Å². The van der Waals surface area contributed by atoms with Crippen LogP contribution in [-0.4, -0.2) is 23.1 Å². The Labute approximate surface area is 149 Å². The van der Waals surface area contributed by atoms with Crippen molar-refractivity contribution in [3.63, 3.8) is 0 Å². The van der Waals surface area contributed by atoms with E-state index in [2.05, 4.69) is 13.8 Å². The Morgan fingerprint density at radius 1 is 1.00 bits per heavy atom. The van der Waals surface area contributed by atoms with Crippen molar-refractivity contribution in [1.29, 1.82) is 0 Å². The van der Waals surface area contributed by atoms with Gasteiger partial charge in [0.1, 0.15) is 23.1 Å². The average molecular weight is 344 g/mol. The van der Waals surface area contributed by atoms with Gasteiger partial charge in [-0.1, -0.05) is 13.8 Å². The van der Waals surface area contributed by atoms with Crippen molar-refractivity contribution in [1.82, 2.24) is 0 Å². The van der Waals surface area contributed by atoms with Gasteiger partial charge < -0.3 is 0 Å². The van der Waals surface area contributed by atoms with E-state index in [0.717, 1.165) is 19.3 Å². The van der Waals surface area contributed by atoms with E-state index in [4.69, 9.17) is 0 Å². The Kier molecular flexibility index (Phi) is 3.66. The van der Waals surface area contributed by atoms with Crippen molar-refractivity contribution in [2.75, 3.05) is 0 Å². The molecule has 0 saturated heterocycles. The van der Waals surface area contributed by atoms with Gasteiger partial charge in [0, 0.05) is 43.4 Å². The summed E-state index contributed by atoms with van der Waals surface area (Å²) in [4.78, 5) is 50.4. The fourth-order valence-corrected chi connectivity index (χ4v) is 7.20. The van der Waals surface area contributed by atoms with Gasteiger partial charge in [0.05, 0.1) is 0 Å². The van der Waals surface area contributed by atoms with Crippen LogP contribution in [0.4, 0.5) is 0 Å². The smallest absolute Gasteiger partial charge is 0.137 e. The van der Waals surface area contributed by atoms with Crippen LogP contribution < -0.4 is 0 Å². The molecule has 4 nitrogen and oxygen atoms in total. The zero-order chi connectivity index (χ0) is 18.1. The molecule has 0 aliphatic heterocycles. The maximum absolute atomic E-state index is 13.3. The summed E-state index contributed by atoms with van der Waals surface area (Å²) < 4.78 is 0. The highest BCUT2D eigenvalue weighted by Crippen LogP contribution is 2.65. The maximum atomic E-state index is 13.3. The summed E-state index contributed by atoms with van der Waals surface area (Å²) in [5.74, 6) is 0.357. The molecule has 1 unspecified atom stereocenters. The third-order valence-electron chi connectivity index (χ3n) is 8.47. The van der Waals surface area contributed by atoms with Gasteiger partial charge in [-0.2, -0.15) is 0 Å². The van der Waals surface area contributed by atoms with Crippen molar-refractivity contribution in [3.8, 4) is 0 Å². The number of Topliss-reactive ketones (excluding diaryl/α,β-unsaturated/α-hetero) is 4. The van der Waals surface area contributed by atoms with E-state index in [0.29, 0.717) is 25.7 Å². The molecule has 7 atom stereocenters. The number of hydrogen-bond donors (Lipinski definition) is 0. The van der Waals surface area contributed by atoms with E-state index in [-0.39, 0.29) is 63.6 Å². The summed E-state index contributed by atoms with van der Waals surface area (Å²) in [6.45, 7) is 5.84. The first kappa shape index (κ1) is 17.1. The molecule has 0 spiro atoms. The van der Waals surface area contributed by atoms with Crippen molar-refractivity contribution < 1.29 is 19.2 Å². The van der Waals surface area contributed by atoms with Gasteiger partial charge in [-0.05, 0) is 48.9 Å². The van der Waals surface area contributed by atoms with Crippen LogP contribution in [-0.2, 0) is 19.2 Å². The highest BCUT2D eigenvalue weighted by Gasteiger charge is 2.66. The molecule has 4 fully saturated rings. The fourth-order valence-electron chi connectivity index (χ4n) is 7.20. The van der Waals surface area contributed by atoms with Gasteiger partial charge in [-0.15, -0.1) is 0 Å². The Morgan fingerprint density at radius 3 is 2.40 bits per heavy atom. The molecule has 0 N–H and O–H groups in total. The number of carbonyl (C=O) groups is 4. The molecule has 0 bridgehead atoms. The summed E-state index contributed by atoms with van der Waals surface area (Å²) in [7, 11) is 0. The predicted molar refractivity (Wildman–Crippen MR) is 91.7 cm³/mol. The molecule has 4 aliphatic carbocycles. The van der Waals surface area contributed by atoms with Crippen LogP contribution in [0.3, 0.4) is 0 Å². The second-order valence-corrected chi connectivity index (χ2v) is 9.62. The predicted octanol–water partition coefficient (Wildman–Crippen LogP) is 3.16. The molecule has 4 rings (SSSR count). The van der Waals surface area contributed by atoms with Crippen LogP contribution in [0.25, 0.3) is 0 Å². The first-order valence-electron chi connectivity index (χ1n) is 9.76. The summed E-state index contributed by atoms with van der Waals surface area (Å²) in [5.41, 5.74) is -0.577. The Morgan fingerprint density at radius 2 is 1.72 bits per heavy atom. The standard InChI is InChI=1S/C21H28O4/c1-11(22)14-4-5-15-18-16(24)9-12-8-13(23)6-7-20(12,2)19(18)17(25)10-21(14,15)3/h12,14-15,18-19H,4-10H2,1-3H3/t12?,14-,15+,18-,19+,20+,21-/m1/s1. The summed E-state index contributed by atoms with van der Waals surface area (Å²) in [5, 5.41) is 0. The quantitative estimate of drug-likeness (QED) is 0.733. The molecule has 0 aromatic rings. The number of ketones is 4. The van der Waals surface area contributed by atoms with E-state index in [1.807, 2.05) is 0 Å². The fraction of sp³-hybridized carbons (Fsp3) is 0.810. The first-order chi connectivity index (χ1) is 11.7. The van der Waals surface area contributed by atoms with Crippen LogP contribution in [0.5, 0.6) is 0 Å². The second-order valence-electron chi connectivity index (χ2n) is 9.62. The SMILES string of the molecule is CC(=O)[C@H]1CC[C@H]2[C@@H]3C(=O)CC4CC(=O)CC[C@]4(C)[C@H]3C(=O)C[C@]12C. The first-order valence-corrected chi connectivity index (χ1v) is 9.76. The number of rotatable bonds is 1. The van der Waals surface area contributed by atoms with Crippen LogP contribution in [0.1, 0.15) is 65.7 Å². The van der Waals surface area contributed by atoms with Gasteiger partial charge in [-0.3, -0.25) is 19.2 Å². The number of carbonyl (C=O) groups excluding carboxylic acids is 4. The Bertz CT molecular complexity index is 679. The van der Waals surface area contributed by atoms with Crippen molar-refractivity contribution in [3.05, 3.63) is 0 Å². The zero-order valence-corrected chi connectivity index (χ0v) is 15.5. The monoisotopic (exact) mass is 344 g/mol. The second kappa shape index (κ2) is 5.34. The third kappa shape index (κ3) is 2.18. The molecule has 0 heterocycles. The lowest BCUT2D eigenvalue weighted by Crippen LogP contribution is -2.60. The average Bonchev–Trinajstić information content (AvgIpc) is 2.85. The van der Waals surface area contributed by atoms with Crippen LogP contribution >= 0.6 is 0 Å². The normalized spacial score (nSPS) is 49.4. The highest BCUT2D eigenvalue weighted by atomic mass is 16.1. The van der Waals surface area contributed by atoms with E-state index < -0.39 is 0 Å². The molecular formula is C21H28O4. The topological polar surface area (TPSA) is 68.3 Å². The largest absolute Gasteiger partial charge is 0.300 e. The summed E-state index contributed by atoms with van der Waals surface area (Å²) in [6.07, 6.45) is 4.27. The van der Waals surface area contributed by atoms with Gasteiger partial charge in [-0.25, -0.2) is 0 Å². The Hall–Kier alpha value is -1.32. The Balaban J connectivity index is 1.76. The van der Waals surface area contributed by atoms with E-state index in [1.165, 1.54) is 0 Å². The highest BCUT2D eigenvalue weighted by molar-refractivity contribution is 5.96. The van der Waals surface area contributed by atoms with Crippen LogP contribution in [0.15, 0.2) is 0 Å². The van der Waals surface area contributed by atoms with Crippen molar-refractivity contribution in [2.24, 2.45) is 40.4 Å². The van der Waals surface area contributed by atoms with Crippen LogP contribution in [0, 0.1) is 40.4 Å². The minimum absolute atomic E-state index is 0.0285. The lowest BCUT2D eigenvalue weighted by Gasteiger charge is -2.58. The van der Waals surface area contributed by atoms with Crippen LogP contribution in [0.2, 0.25) is 0 Å². The summed E-state index contributed by atoms with van der Waals surface area (Å²) in [6, 6.07) is 0. The lowest BCUT2D eigenvalue weighted by atomic mass is 9.44. The summed E-state index contributed by atoms with van der Waals surface area (Å²) >= 11 is 0. The number of hydrogen-bond acceptors (Lipinski definition) is 4. The molecule has 4 heteroatoms. The van der Waals surface area contributed by atoms with Gasteiger partial charge in [0.15, 0.2) is 0 Å². The number of fused-ring (bicyclic) bond motifs is 5. The molecule has 0 aromatic heterocycles. The van der Waals surface area contributed by atoms with Crippen molar-refractivity contribution in [2.45, 2.75) is 65.7 Å². The minimum atomic E-state index is -0.354. The lowest BCUT2D eigenvalue weighted by molar-refractivity contribution is -0.169. The molecule has 0 radical (unpaired) electrons. The molecule has 4 saturated carbocycles. The molecule has 4 aliphatic rings. The molecular weight excluding hydrogens is 316 g/mol. The molecule has 136 valence electrons. The molecule has 25 heavy (non-hydrogen) atoms. The minimum Gasteiger partial charge on any atom is -0.300 e. The van der Waals surface area contributed by atoms with E-state index in [9.17, 15) is 19.2 Å². The van der Waals surface area contributed by atoms with Gasteiger partial charge >= 0.3 is 0 Å². The van der Waals surface area contributed by atoms with E-state index >= 15 is 0 Å². The molecule has 0 aromatic carbocycles. The van der Waals surface area contributed by atoms with Crippen molar-refractivity contribution >= 4 is 23.1 Å². The maximum Gasteiger partial charge on any atom is 0.137 e.